The van der Waals surface area contributed by atoms with Crippen molar-refractivity contribution >= 4 is 35.0 Å². The molecule has 31 heavy (non-hydrogen) atoms. The van der Waals surface area contributed by atoms with Crippen LogP contribution in [0.1, 0.15) is 16.8 Å². The van der Waals surface area contributed by atoms with Gasteiger partial charge in [-0.15, -0.1) is 0 Å². The molecule has 0 saturated carbocycles. The largest absolute Gasteiger partial charge is 0.506 e. The minimum absolute atomic E-state index is 0.000825. The zero-order chi connectivity index (χ0) is 22.5. The Balaban J connectivity index is 1.56. The van der Waals surface area contributed by atoms with Crippen molar-refractivity contribution in [2.24, 2.45) is 0 Å². The number of nitrogens with zero attached hydrogens (tertiary/aromatic N) is 1. The SMILES string of the molecule is CNC(=O)c1cc(Cl)c(O)cc1OC[C@H](O)CN1CCC(Oc2ccc(Cl)cc2)C1=O. The Morgan fingerprint density at radius 2 is 2.00 bits per heavy atom. The van der Waals surface area contributed by atoms with Gasteiger partial charge in [0.05, 0.1) is 17.1 Å². The first-order valence-corrected chi connectivity index (χ1v) is 10.3. The van der Waals surface area contributed by atoms with Crippen molar-refractivity contribution < 1.29 is 29.3 Å². The second-order valence-corrected chi connectivity index (χ2v) is 7.82. The summed E-state index contributed by atoms with van der Waals surface area (Å²) in [7, 11) is 1.45. The van der Waals surface area contributed by atoms with E-state index in [0.29, 0.717) is 23.7 Å². The summed E-state index contributed by atoms with van der Waals surface area (Å²) in [5.74, 6) is -0.335. The predicted octanol–water partition coefficient (Wildman–Crippen LogP) is 2.48. The van der Waals surface area contributed by atoms with E-state index in [-0.39, 0.29) is 41.1 Å². The number of ether oxygens (including phenoxy) is 2. The fraction of sp³-hybridized carbons (Fsp3) is 0.333. The van der Waals surface area contributed by atoms with Gasteiger partial charge in [0.15, 0.2) is 6.10 Å². The smallest absolute Gasteiger partial charge is 0.263 e. The van der Waals surface area contributed by atoms with Crippen LogP contribution in [0.15, 0.2) is 36.4 Å². The Bertz CT molecular complexity index is 954. The summed E-state index contributed by atoms with van der Waals surface area (Å²) >= 11 is 11.7. The van der Waals surface area contributed by atoms with Gasteiger partial charge in [-0.2, -0.15) is 0 Å². The van der Waals surface area contributed by atoms with Gasteiger partial charge in [-0.3, -0.25) is 9.59 Å². The third-order valence-electron chi connectivity index (χ3n) is 4.72. The van der Waals surface area contributed by atoms with Crippen LogP contribution in [0, 0.1) is 0 Å². The van der Waals surface area contributed by atoms with Crippen LogP contribution < -0.4 is 14.8 Å². The molecule has 166 valence electrons. The van der Waals surface area contributed by atoms with Crippen LogP contribution in [-0.2, 0) is 4.79 Å². The molecular formula is C21H22Cl2N2O6. The number of nitrogens with one attached hydrogen (secondary N) is 1. The van der Waals surface area contributed by atoms with Gasteiger partial charge in [0.2, 0.25) is 0 Å². The number of carbonyl (C=O) groups excluding carboxylic acids is 2. The van der Waals surface area contributed by atoms with Gasteiger partial charge in [-0.1, -0.05) is 23.2 Å². The van der Waals surface area contributed by atoms with E-state index in [4.69, 9.17) is 32.7 Å². The Morgan fingerprint density at radius 1 is 1.29 bits per heavy atom. The number of aromatic hydroxyl groups is 1. The van der Waals surface area contributed by atoms with E-state index in [9.17, 15) is 19.8 Å². The highest BCUT2D eigenvalue weighted by atomic mass is 35.5. The maximum Gasteiger partial charge on any atom is 0.263 e. The number of aliphatic hydroxyl groups excluding tert-OH is 1. The zero-order valence-corrected chi connectivity index (χ0v) is 18.2. The van der Waals surface area contributed by atoms with Crippen LogP contribution in [0.3, 0.4) is 0 Å². The number of phenols is 1. The van der Waals surface area contributed by atoms with Gasteiger partial charge in [-0.25, -0.2) is 0 Å². The van der Waals surface area contributed by atoms with Gasteiger partial charge in [0, 0.05) is 31.1 Å². The third-order valence-corrected chi connectivity index (χ3v) is 5.28. The Hall–Kier alpha value is -2.68. The van der Waals surface area contributed by atoms with Crippen LogP contribution in [-0.4, -0.2) is 65.9 Å². The molecule has 1 unspecified atom stereocenters. The van der Waals surface area contributed by atoms with E-state index in [1.165, 1.54) is 24.1 Å². The number of amides is 2. The average molecular weight is 469 g/mol. The zero-order valence-electron chi connectivity index (χ0n) is 16.7. The second-order valence-electron chi connectivity index (χ2n) is 6.98. The van der Waals surface area contributed by atoms with Crippen LogP contribution in [0.2, 0.25) is 10.0 Å². The Kier molecular flexibility index (Phi) is 7.48. The van der Waals surface area contributed by atoms with Crippen molar-refractivity contribution in [1.29, 1.82) is 0 Å². The third kappa shape index (κ3) is 5.72. The molecule has 3 N–H and O–H groups in total. The number of hydrogen-bond donors (Lipinski definition) is 3. The molecule has 8 nitrogen and oxygen atoms in total. The second kappa shape index (κ2) is 10.1. The summed E-state index contributed by atoms with van der Waals surface area (Å²) in [5.41, 5.74) is 0.117. The van der Waals surface area contributed by atoms with Crippen molar-refractivity contribution in [3.8, 4) is 17.2 Å². The maximum atomic E-state index is 12.6. The molecule has 0 spiro atoms. The van der Waals surface area contributed by atoms with Crippen LogP contribution in [0.5, 0.6) is 17.2 Å². The van der Waals surface area contributed by atoms with Crippen molar-refractivity contribution in [3.63, 3.8) is 0 Å². The Morgan fingerprint density at radius 3 is 2.68 bits per heavy atom. The lowest BCUT2D eigenvalue weighted by Crippen LogP contribution is -2.39. The first-order chi connectivity index (χ1) is 14.8. The minimum atomic E-state index is -1.02. The van der Waals surface area contributed by atoms with Crippen molar-refractivity contribution in [2.75, 3.05) is 26.7 Å². The fourth-order valence-electron chi connectivity index (χ4n) is 3.15. The highest BCUT2D eigenvalue weighted by Crippen LogP contribution is 2.32. The molecule has 2 aromatic carbocycles. The summed E-state index contributed by atoms with van der Waals surface area (Å²) in [6.45, 7) is 0.269. The molecule has 0 aromatic heterocycles. The van der Waals surface area contributed by atoms with E-state index in [0.717, 1.165) is 0 Å². The molecule has 3 rings (SSSR count). The molecular weight excluding hydrogens is 447 g/mol. The molecule has 1 saturated heterocycles. The number of likely N-dealkylation sites (tertiary alicyclic amines) is 1. The molecule has 10 heteroatoms. The molecule has 0 aliphatic carbocycles. The molecule has 0 radical (unpaired) electrons. The number of aliphatic hydroxyl groups is 1. The summed E-state index contributed by atoms with van der Waals surface area (Å²) in [4.78, 5) is 26.1. The first kappa shape index (κ1) is 23.0. The monoisotopic (exact) mass is 468 g/mol. The van der Waals surface area contributed by atoms with Crippen LogP contribution in [0.4, 0.5) is 0 Å². The number of carbonyl (C=O) groups is 2. The summed E-state index contributed by atoms with van der Waals surface area (Å²) in [6, 6.07) is 9.21. The number of hydrogen-bond acceptors (Lipinski definition) is 6. The van der Waals surface area contributed by atoms with E-state index >= 15 is 0 Å². The number of halogens is 2. The average Bonchev–Trinajstić information content (AvgIpc) is 3.08. The lowest BCUT2D eigenvalue weighted by Gasteiger charge is -2.21. The van der Waals surface area contributed by atoms with E-state index in [1.807, 2.05) is 0 Å². The molecule has 2 atom stereocenters. The lowest BCUT2D eigenvalue weighted by molar-refractivity contribution is -0.134. The van der Waals surface area contributed by atoms with Crippen molar-refractivity contribution in [2.45, 2.75) is 18.6 Å². The van der Waals surface area contributed by atoms with Gasteiger partial charge >= 0.3 is 0 Å². The van der Waals surface area contributed by atoms with Gasteiger partial charge in [-0.05, 0) is 30.3 Å². The van der Waals surface area contributed by atoms with Crippen LogP contribution >= 0.6 is 23.2 Å². The standard InChI is InChI=1S/C21H22Cl2N2O6/c1-24-20(28)15-8-16(23)17(27)9-19(15)30-11-13(26)10-25-7-6-18(21(25)29)31-14-4-2-12(22)3-5-14/h2-5,8-9,13,18,26-27H,6-7,10-11H2,1H3,(H,24,28)/t13-,18?/m1/s1. The predicted molar refractivity (Wildman–Crippen MR) is 115 cm³/mol. The first-order valence-electron chi connectivity index (χ1n) is 9.55. The normalized spacial score (nSPS) is 16.8. The highest BCUT2D eigenvalue weighted by molar-refractivity contribution is 6.32. The lowest BCUT2D eigenvalue weighted by atomic mass is 10.1. The van der Waals surface area contributed by atoms with E-state index in [1.54, 1.807) is 24.3 Å². The molecule has 1 fully saturated rings. The number of benzene rings is 2. The maximum absolute atomic E-state index is 12.6. The quantitative estimate of drug-likeness (QED) is 0.549. The van der Waals surface area contributed by atoms with Crippen molar-refractivity contribution in [1.82, 2.24) is 10.2 Å². The fourth-order valence-corrected chi connectivity index (χ4v) is 3.44. The van der Waals surface area contributed by atoms with Crippen molar-refractivity contribution in [3.05, 3.63) is 52.0 Å². The number of β-amino-alcohol motifs (C(OH)–C–C–N with tert-alkyl or cyclic N) is 1. The number of phenolic OH excluding ortho intramolecular Hbond substituents is 1. The Labute approximate surface area is 189 Å². The molecule has 1 aliphatic rings. The van der Waals surface area contributed by atoms with E-state index in [2.05, 4.69) is 5.32 Å². The summed E-state index contributed by atoms with van der Waals surface area (Å²) < 4.78 is 11.2. The van der Waals surface area contributed by atoms with Crippen LogP contribution in [0.25, 0.3) is 0 Å². The van der Waals surface area contributed by atoms with E-state index < -0.39 is 18.1 Å². The van der Waals surface area contributed by atoms with Gasteiger partial charge in [0.1, 0.15) is 30.0 Å². The van der Waals surface area contributed by atoms with Gasteiger partial charge < -0.3 is 29.9 Å². The number of rotatable bonds is 8. The minimum Gasteiger partial charge on any atom is -0.506 e. The molecule has 0 bridgehead atoms. The summed E-state index contributed by atoms with van der Waals surface area (Å²) in [5, 5.41) is 23.2. The summed E-state index contributed by atoms with van der Waals surface area (Å²) in [6.07, 6.45) is -1.17. The van der Waals surface area contributed by atoms with Gasteiger partial charge in [0.25, 0.3) is 11.8 Å². The molecule has 1 aliphatic heterocycles. The molecule has 1 heterocycles. The topological polar surface area (TPSA) is 108 Å². The highest BCUT2D eigenvalue weighted by Gasteiger charge is 2.34. The molecule has 2 aromatic rings. The molecule has 2 amide bonds.